The molecule has 2 unspecified atom stereocenters. The summed E-state index contributed by atoms with van der Waals surface area (Å²) in [7, 11) is 5.69. The van der Waals surface area contributed by atoms with Crippen molar-refractivity contribution in [3.63, 3.8) is 0 Å². The molecule has 0 spiro atoms. The molecule has 0 aromatic carbocycles. The zero-order valence-corrected chi connectivity index (χ0v) is 14.7. The van der Waals surface area contributed by atoms with Crippen LogP contribution in [0.1, 0.15) is 46.0 Å². The molecular weight excluding hydrogens is 306 g/mol. The number of hydrogen-bond donors (Lipinski definition) is 1. The molecule has 3 atom stereocenters. The van der Waals surface area contributed by atoms with Crippen LogP contribution in [-0.2, 0) is 25.8 Å². The predicted octanol–water partition coefficient (Wildman–Crippen LogP) is 3.09. The summed E-state index contributed by atoms with van der Waals surface area (Å²) in [6.45, 7) is 2.52. The Balaban J connectivity index is 2.43. The van der Waals surface area contributed by atoms with E-state index < -0.39 is 12.6 Å². The maximum Gasteiger partial charge on any atom is 0.186 e. The van der Waals surface area contributed by atoms with Crippen molar-refractivity contribution >= 4 is 26.1 Å². The maximum atomic E-state index is 10.3. The maximum absolute atomic E-state index is 10.3. The SMILES string of the molecule is [B]C1=C[C@@H](OP(O)(=S)CCCCC)C(COCCCC)O1. The molecule has 120 valence electrons. The van der Waals surface area contributed by atoms with Gasteiger partial charge in [-0.1, -0.05) is 33.1 Å². The van der Waals surface area contributed by atoms with Crippen molar-refractivity contribution in [3.05, 3.63) is 11.7 Å². The largest absolute Gasteiger partial charge is 0.501 e. The van der Waals surface area contributed by atoms with Gasteiger partial charge in [-0.2, -0.15) is 0 Å². The first-order valence-electron chi connectivity index (χ1n) is 7.70. The molecule has 1 N–H and O–H groups in total. The zero-order chi connectivity index (χ0) is 15.7. The van der Waals surface area contributed by atoms with Gasteiger partial charge in [-0.25, -0.2) is 0 Å². The van der Waals surface area contributed by atoms with Crippen molar-refractivity contribution < 1.29 is 18.9 Å². The van der Waals surface area contributed by atoms with Crippen LogP contribution in [-0.4, -0.2) is 44.3 Å². The van der Waals surface area contributed by atoms with Gasteiger partial charge in [0.2, 0.25) is 0 Å². The van der Waals surface area contributed by atoms with Crippen LogP contribution in [0.5, 0.6) is 0 Å². The van der Waals surface area contributed by atoms with Crippen LogP contribution in [0.2, 0.25) is 0 Å². The van der Waals surface area contributed by atoms with Crippen LogP contribution in [0, 0.1) is 0 Å². The molecule has 0 aliphatic carbocycles. The first-order chi connectivity index (χ1) is 9.98. The van der Waals surface area contributed by atoms with Crippen LogP contribution in [0.3, 0.4) is 0 Å². The lowest BCUT2D eigenvalue weighted by atomic mass is 10.1. The lowest BCUT2D eigenvalue weighted by molar-refractivity contribution is -0.00598. The summed E-state index contributed by atoms with van der Waals surface area (Å²) in [6, 6.07) is 0. The fraction of sp³-hybridized carbons (Fsp3) is 0.857. The number of ether oxygens (including phenoxy) is 2. The van der Waals surface area contributed by atoms with E-state index in [0.29, 0.717) is 25.0 Å². The molecule has 0 aromatic heterocycles. The first-order valence-corrected chi connectivity index (χ1v) is 10.6. The molecule has 0 aromatic rings. The molecule has 4 nitrogen and oxygen atoms in total. The molecule has 2 radical (unpaired) electrons. The first kappa shape index (κ1) is 19.2. The zero-order valence-electron chi connectivity index (χ0n) is 13.0. The highest BCUT2D eigenvalue weighted by Gasteiger charge is 2.32. The highest BCUT2D eigenvalue weighted by molar-refractivity contribution is 8.09. The summed E-state index contributed by atoms with van der Waals surface area (Å²) in [5.41, 5.74) is 0.313. The average molecular weight is 332 g/mol. The van der Waals surface area contributed by atoms with Crippen LogP contribution >= 0.6 is 6.49 Å². The normalized spacial score (nSPS) is 24.4. The third-order valence-electron chi connectivity index (χ3n) is 3.24. The van der Waals surface area contributed by atoms with Crippen LogP contribution in [0.4, 0.5) is 0 Å². The number of unbranched alkanes of at least 4 members (excludes halogenated alkanes) is 3. The fourth-order valence-corrected chi connectivity index (χ4v) is 4.02. The minimum Gasteiger partial charge on any atom is -0.501 e. The van der Waals surface area contributed by atoms with Gasteiger partial charge in [0.25, 0.3) is 0 Å². The molecule has 0 saturated carbocycles. The third kappa shape index (κ3) is 7.80. The van der Waals surface area contributed by atoms with E-state index in [-0.39, 0.29) is 6.10 Å². The molecule has 1 heterocycles. The van der Waals surface area contributed by atoms with Crippen molar-refractivity contribution in [1.29, 1.82) is 0 Å². The van der Waals surface area contributed by atoms with Gasteiger partial charge in [-0.05, 0) is 30.7 Å². The van der Waals surface area contributed by atoms with Gasteiger partial charge in [-0.3, -0.25) is 0 Å². The van der Waals surface area contributed by atoms with Crippen molar-refractivity contribution in [2.45, 2.75) is 58.2 Å². The molecule has 0 saturated heterocycles. The summed E-state index contributed by atoms with van der Waals surface area (Å²) >= 11 is 5.22. The molecule has 7 heteroatoms. The van der Waals surface area contributed by atoms with E-state index in [1.165, 1.54) is 0 Å². The van der Waals surface area contributed by atoms with E-state index in [1.54, 1.807) is 6.08 Å². The summed E-state index contributed by atoms with van der Waals surface area (Å²) < 4.78 is 16.7. The number of hydrogen-bond acceptors (Lipinski definition) is 4. The Bertz CT molecular complexity index is 378. The highest BCUT2D eigenvalue weighted by Crippen LogP contribution is 2.46. The smallest absolute Gasteiger partial charge is 0.186 e. The molecule has 21 heavy (non-hydrogen) atoms. The Morgan fingerprint density at radius 3 is 2.71 bits per heavy atom. The molecule has 1 rings (SSSR count). The second-order valence-electron chi connectivity index (χ2n) is 5.29. The van der Waals surface area contributed by atoms with Crippen molar-refractivity contribution in [2.24, 2.45) is 0 Å². The molecule has 0 amide bonds. The summed E-state index contributed by atoms with van der Waals surface area (Å²) in [6.07, 6.45) is 6.58. The van der Waals surface area contributed by atoms with E-state index in [9.17, 15) is 4.89 Å². The second kappa shape index (κ2) is 10.0. The Kier molecular flexibility index (Phi) is 9.15. The Morgan fingerprint density at radius 2 is 2.05 bits per heavy atom. The monoisotopic (exact) mass is 332 g/mol. The van der Waals surface area contributed by atoms with Gasteiger partial charge in [0, 0.05) is 18.4 Å². The topological polar surface area (TPSA) is 47.9 Å². The molecule has 0 bridgehead atoms. The fourth-order valence-electron chi connectivity index (χ4n) is 2.03. The molecule has 1 aliphatic heterocycles. The average Bonchev–Trinajstić information content (AvgIpc) is 2.74. The van der Waals surface area contributed by atoms with Gasteiger partial charge < -0.3 is 18.9 Å². The van der Waals surface area contributed by atoms with Gasteiger partial charge in [0.1, 0.15) is 6.10 Å². The summed E-state index contributed by atoms with van der Waals surface area (Å²) in [5, 5.41) is 0. The van der Waals surface area contributed by atoms with Crippen LogP contribution in [0.15, 0.2) is 11.7 Å². The van der Waals surface area contributed by atoms with E-state index in [2.05, 4.69) is 13.8 Å². The van der Waals surface area contributed by atoms with Gasteiger partial charge in [0.05, 0.1) is 6.61 Å². The minimum atomic E-state index is -2.78. The lowest BCUT2D eigenvalue weighted by Crippen LogP contribution is -2.29. The van der Waals surface area contributed by atoms with Crippen molar-refractivity contribution in [1.82, 2.24) is 0 Å². The summed E-state index contributed by atoms with van der Waals surface area (Å²) in [5.74, 6) is 0. The number of rotatable bonds is 11. The van der Waals surface area contributed by atoms with Crippen LogP contribution in [0.25, 0.3) is 0 Å². The molecule has 1 aliphatic rings. The van der Waals surface area contributed by atoms with Crippen molar-refractivity contribution in [3.8, 4) is 0 Å². The lowest BCUT2D eigenvalue weighted by Gasteiger charge is -2.24. The minimum absolute atomic E-state index is 0.313. The van der Waals surface area contributed by atoms with Crippen molar-refractivity contribution in [2.75, 3.05) is 19.4 Å². The third-order valence-corrected chi connectivity index (χ3v) is 5.50. The van der Waals surface area contributed by atoms with Gasteiger partial charge in [-0.15, -0.1) is 0 Å². The van der Waals surface area contributed by atoms with Gasteiger partial charge >= 0.3 is 0 Å². The van der Waals surface area contributed by atoms with E-state index in [4.69, 9.17) is 33.7 Å². The standard InChI is InChI=1S/C14H26BO4PS/c1-3-5-7-9-20(16,21)19-12-10-14(15)18-13(12)11-17-8-6-4-2/h10,12-13H,3-9,11H2,1-2H3,(H,16,21)/t12-,13?,20?/m1/s1. The van der Waals surface area contributed by atoms with E-state index in [1.807, 2.05) is 0 Å². The molecular formula is C14H26BO4PS. The predicted molar refractivity (Wildman–Crippen MR) is 90.2 cm³/mol. The Morgan fingerprint density at radius 1 is 1.33 bits per heavy atom. The van der Waals surface area contributed by atoms with E-state index >= 15 is 0 Å². The van der Waals surface area contributed by atoms with Crippen LogP contribution < -0.4 is 0 Å². The van der Waals surface area contributed by atoms with Gasteiger partial charge in [0.15, 0.2) is 20.4 Å². The quantitative estimate of drug-likeness (QED) is 0.358. The van der Waals surface area contributed by atoms with E-state index in [0.717, 1.165) is 32.1 Å². The Hall–Kier alpha value is 0.135. The Labute approximate surface area is 134 Å². The summed E-state index contributed by atoms with van der Waals surface area (Å²) in [4.78, 5) is 10.3. The molecule has 0 fully saturated rings. The highest BCUT2D eigenvalue weighted by atomic mass is 32.5. The second-order valence-corrected chi connectivity index (χ2v) is 8.94.